The third-order valence-corrected chi connectivity index (χ3v) is 0.677. The zero-order valence-corrected chi connectivity index (χ0v) is 5.10. The lowest BCUT2D eigenvalue weighted by Gasteiger charge is -1.93. The van der Waals surface area contributed by atoms with Crippen molar-refractivity contribution in [2.24, 2.45) is 0 Å². The molecular formula is C6H9O2-. The Kier molecular flexibility index (Phi) is 2.92. The quantitative estimate of drug-likeness (QED) is 0.476. The fourth-order valence-corrected chi connectivity index (χ4v) is 0.287. The normalized spacial score (nSPS) is 8.25. The topological polar surface area (TPSA) is 40.1 Å². The smallest absolute Gasteiger partial charge is 0.0452 e. The number of carboxylic acid groups (broad SMARTS) is 1. The van der Waals surface area contributed by atoms with Gasteiger partial charge in [0.25, 0.3) is 0 Å². The summed E-state index contributed by atoms with van der Waals surface area (Å²) in [6.07, 6.45) is 1.65. The molecule has 0 bridgehead atoms. The molecule has 0 atom stereocenters. The molecule has 0 aliphatic rings. The number of carbonyl (C=O) groups excluding carboxylic acids is 1. The Bertz CT molecular complexity index is 110. The zero-order chi connectivity index (χ0) is 6.57. The molecule has 0 aromatic heterocycles. The number of carboxylic acids is 1. The summed E-state index contributed by atoms with van der Waals surface area (Å²) in [5, 5.41) is 9.75. The Morgan fingerprint density at radius 2 is 2.12 bits per heavy atom. The summed E-state index contributed by atoms with van der Waals surface area (Å²) in [6.45, 7) is 3.70. The van der Waals surface area contributed by atoms with Crippen LogP contribution >= 0.6 is 0 Å². The number of rotatable bonds is 2. The number of carbonyl (C=O) groups is 1. The maximum Gasteiger partial charge on any atom is 0.0452 e. The summed E-state index contributed by atoms with van der Waals surface area (Å²) in [6, 6.07) is 0. The number of hydrogen-bond acceptors (Lipinski definition) is 2. The van der Waals surface area contributed by atoms with Crippen LogP contribution in [0, 0.1) is 0 Å². The van der Waals surface area contributed by atoms with Crippen LogP contribution in [-0.2, 0) is 4.79 Å². The molecule has 0 aromatic rings. The van der Waals surface area contributed by atoms with Crippen LogP contribution in [-0.4, -0.2) is 5.97 Å². The minimum absolute atomic E-state index is 0.0301. The van der Waals surface area contributed by atoms with Crippen LogP contribution in [0.3, 0.4) is 0 Å². The van der Waals surface area contributed by atoms with Crippen LogP contribution in [0.1, 0.15) is 20.3 Å². The van der Waals surface area contributed by atoms with Gasteiger partial charge in [0.2, 0.25) is 0 Å². The minimum atomic E-state index is -1.02. The van der Waals surface area contributed by atoms with Gasteiger partial charge in [-0.3, -0.25) is 0 Å². The molecule has 2 nitrogen and oxygen atoms in total. The van der Waals surface area contributed by atoms with Crippen LogP contribution in [0.15, 0.2) is 11.6 Å². The zero-order valence-electron chi connectivity index (χ0n) is 5.10. The maximum atomic E-state index is 9.75. The maximum absolute atomic E-state index is 9.75. The van der Waals surface area contributed by atoms with Crippen LogP contribution in [0.4, 0.5) is 0 Å². The van der Waals surface area contributed by atoms with E-state index in [-0.39, 0.29) is 6.42 Å². The Hall–Kier alpha value is -0.790. The first-order valence-electron chi connectivity index (χ1n) is 2.46. The minimum Gasteiger partial charge on any atom is -0.550 e. The second-order valence-electron chi connectivity index (χ2n) is 1.86. The van der Waals surface area contributed by atoms with Gasteiger partial charge in [-0.25, -0.2) is 0 Å². The van der Waals surface area contributed by atoms with Gasteiger partial charge in [-0.2, -0.15) is 0 Å². The summed E-state index contributed by atoms with van der Waals surface area (Å²) in [4.78, 5) is 9.75. The van der Waals surface area contributed by atoms with Crippen molar-refractivity contribution in [2.75, 3.05) is 0 Å². The molecule has 0 amide bonds. The fraction of sp³-hybridized carbons (Fsp3) is 0.500. The van der Waals surface area contributed by atoms with Gasteiger partial charge in [0.1, 0.15) is 0 Å². The molecule has 0 rings (SSSR count). The third-order valence-electron chi connectivity index (χ3n) is 0.677. The molecule has 0 unspecified atom stereocenters. The standard InChI is InChI=1S/C6H10O2/c1-5(2)3-4-6(7)8/h3H,4H2,1-2H3,(H,7,8)/p-1. The van der Waals surface area contributed by atoms with Crippen molar-refractivity contribution in [1.29, 1.82) is 0 Å². The van der Waals surface area contributed by atoms with E-state index in [4.69, 9.17) is 0 Å². The van der Waals surface area contributed by atoms with E-state index >= 15 is 0 Å². The predicted octanol–water partition coefficient (Wildman–Crippen LogP) is 0.0926. The van der Waals surface area contributed by atoms with E-state index in [9.17, 15) is 9.90 Å². The van der Waals surface area contributed by atoms with Crippen LogP contribution in [0.5, 0.6) is 0 Å². The monoisotopic (exact) mass is 113 g/mol. The van der Waals surface area contributed by atoms with Crippen LogP contribution in [0.25, 0.3) is 0 Å². The molecule has 0 spiro atoms. The van der Waals surface area contributed by atoms with Crippen LogP contribution < -0.4 is 5.11 Å². The first kappa shape index (κ1) is 7.21. The van der Waals surface area contributed by atoms with Crippen molar-refractivity contribution < 1.29 is 9.90 Å². The van der Waals surface area contributed by atoms with Gasteiger partial charge in [0.05, 0.1) is 0 Å². The van der Waals surface area contributed by atoms with Crippen molar-refractivity contribution in [3.8, 4) is 0 Å². The molecule has 8 heavy (non-hydrogen) atoms. The van der Waals surface area contributed by atoms with Crippen molar-refractivity contribution in [3.63, 3.8) is 0 Å². The second-order valence-corrected chi connectivity index (χ2v) is 1.86. The van der Waals surface area contributed by atoms with E-state index in [0.717, 1.165) is 5.57 Å². The average molecular weight is 113 g/mol. The van der Waals surface area contributed by atoms with E-state index in [1.165, 1.54) is 0 Å². The Labute approximate surface area is 48.8 Å². The number of allylic oxidation sites excluding steroid dienone is 1. The molecule has 46 valence electrons. The van der Waals surface area contributed by atoms with Crippen molar-refractivity contribution in [3.05, 3.63) is 11.6 Å². The van der Waals surface area contributed by atoms with E-state index in [1.807, 2.05) is 13.8 Å². The number of aliphatic carboxylic acids is 1. The highest BCUT2D eigenvalue weighted by atomic mass is 16.4. The first-order chi connectivity index (χ1) is 3.63. The van der Waals surface area contributed by atoms with Gasteiger partial charge in [-0.1, -0.05) is 11.6 Å². The van der Waals surface area contributed by atoms with Gasteiger partial charge in [-0.05, 0) is 13.8 Å². The van der Waals surface area contributed by atoms with Gasteiger partial charge < -0.3 is 9.90 Å². The van der Waals surface area contributed by atoms with E-state index < -0.39 is 5.97 Å². The van der Waals surface area contributed by atoms with Crippen molar-refractivity contribution >= 4 is 5.97 Å². The summed E-state index contributed by atoms with van der Waals surface area (Å²) < 4.78 is 0. The van der Waals surface area contributed by atoms with Crippen LogP contribution in [0.2, 0.25) is 0 Å². The molecule has 0 fully saturated rings. The first-order valence-corrected chi connectivity index (χ1v) is 2.46. The van der Waals surface area contributed by atoms with E-state index in [1.54, 1.807) is 6.08 Å². The summed E-state index contributed by atoms with van der Waals surface area (Å²) >= 11 is 0. The Morgan fingerprint density at radius 1 is 1.62 bits per heavy atom. The molecule has 0 aliphatic heterocycles. The lowest BCUT2D eigenvalue weighted by atomic mass is 10.3. The Balaban J connectivity index is 3.45. The van der Waals surface area contributed by atoms with Crippen molar-refractivity contribution in [1.82, 2.24) is 0 Å². The summed E-state index contributed by atoms with van der Waals surface area (Å²) in [5.41, 5.74) is 1.01. The highest BCUT2D eigenvalue weighted by molar-refractivity contribution is 5.66. The van der Waals surface area contributed by atoms with Gasteiger partial charge in [-0.15, -0.1) is 0 Å². The van der Waals surface area contributed by atoms with E-state index in [0.29, 0.717) is 0 Å². The largest absolute Gasteiger partial charge is 0.550 e. The summed E-state index contributed by atoms with van der Waals surface area (Å²) in [5.74, 6) is -1.02. The highest BCUT2D eigenvalue weighted by Crippen LogP contribution is 1.89. The summed E-state index contributed by atoms with van der Waals surface area (Å²) in [7, 11) is 0. The fourth-order valence-electron chi connectivity index (χ4n) is 0.287. The molecule has 0 radical (unpaired) electrons. The highest BCUT2D eigenvalue weighted by Gasteiger charge is 1.78. The lowest BCUT2D eigenvalue weighted by molar-refractivity contribution is -0.304. The molecule has 0 saturated heterocycles. The SMILES string of the molecule is CC(C)=CCC(=O)[O-]. The molecule has 0 saturated carbocycles. The predicted molar refractivity (Wildman–Crippen MR) is 29.1 cm³/mol. The molecule has 0 aromatic carbocycles. The lowest BCUT2D eigenvalue weighted by Crippen LogP contribution is -2.20. The molecule has 2 heteroatoms. The third kappa shape index (κ3) is 5.21. The van der Waals surface area contributed by atoms with Gasteiger partial charge in [0.15, 0.2) is 0 Å². The average Bonchev–Trinajstić information content (AvgIpc) is 1.61. The molecule has 0 aliphatic carbocycles. The molecule has 0 heterocycles. The molecule has 0 N–H and O–H groups in total. The van der Waals surface area contributed by atoms with Gasteiger partial charge >= 0.3 is 0 Å². The van der Waals surface area contributed by atoms with Gasteiger partial charge in [0, 0.05) is 12.4 Å². The van der Waals surface area contributed by atoms with Crippen molar-refractivity contribution in [2.45, 2.75) is 20.3 Å². The van der Waals surface area contributed by atoms with E-state index in [2.05, 4.69) is 0 Å². The second kappa shape index (κ2) is 3.24. The molecular weight excluding hydrogens is 104 g/mol. The Morgan fingerprint density at radius 3 is 2.25 bits per heavy atom. The number of hydrogen-bond donors (Lipinski definition) is 0.